The molecule has 0 spiro atoms. The second-order valence-corrected chi connectivity index (χ2v) is 3.44. The Hall–Kier alpha value is -2.12. The van der Waals surface area contributed by atoms with E-state index < -0.39 is 5.97 Å². The number of rotatable bonds is 6. The molecule has 0 radical (unpaired) electrons. The van der Waals surface area contributed by atoms with Crippen LogP contribution in [-0.2, 0) is 11.8 Å². The van der Waals surface area contributed by atoms with E-state index >= 15 is 0 Å². The average molecular weight is 241 g/mol. The molecule has 1 aromatic rings. The van der Waals surface area contributed by atoms with E-state index in [2.05, 4.69) is 20.7 Å². The summed E-state index contributed by atoms with van der Waals surface area (Å²) in [4.78, 5) is 25.4. The van der Waals surface area contributed by atoms with E-state index in [-0.39, 0.29) is 12.5 Å². The number of amides is 2. The zero-order chi connectivity index (χ0) is 12.7. The van der Waals surface area contributed by atoms with Crippen LogP contribution >= 0.6 is 0 Å². The van der Waals surface area contributed by atoms with Crippen molar-refractivity contribution in [2.24, 2.45) is 7.05 Å². The maximum atomic E-state index is 11.3. The molecule has 0 fully saturated rings. The SMILES string of the molecule is Cn1ncnc1NC(=O)NCCCCC(=O)O. The third kappa shape index (κ3) is 4.96. The molecule has 1 rings (SSSR count). The molecule has 2 amide bonds. The number of unbranched alkanes of at least 4 members (excludes halogenated alkanes) is 1. The van der Waals surface area contributed by atoms with Crippen LogP contribution in [0.4, 0.5) is 10.7 Å². The van der Waals surface area contributed by atoms with Crippen molar-refractivity contribution in [2.75, 3.05) is 11.9 Å². The fraction of sp³-hybridized carbons (Fsp3) is 0.556. The van der Waals surface area contributed by atoms with Gasteiger partial charge in [0.1, 0.15) is 6.33 Å². The van der Waals surface area contributed by atoms with Gasteiger partial charge in [0.2, 0.25) is 5.95 Å². The van der Waals surface area contributed by atoms with Crippen LogP contribution in [0.25, 0.3) is 0 Å². The average Bonchev–Trinajstić information content (AvgIpc) is 2.63. The number of hydrogen-bond acceptors (Lipinski definition) is 4. The van der Waals surface area contributed by atoms with Gasteiger partial charge in [-0.2, -0.15) is 10.1 Å². The van der Waals surface area contributed by atoms with E-state index in [1.807, 2.05) is 0 Å². The summed E-state index contributed by atoms with van der Waals surface area (Å²) in [6, 6.07) is -0.378. The largest absolute Gasteiger partial charge is 0.481 e. The summed E-state index contributed by atoms with van der Waals surface area (Å²) in [5.74, 6) is -0.471. The molecular weight excluding hydrogens is 226 g/mol. The van der Waals surface area contributed by atoms with Crippen molar-refractivity contribution in [1.82, 2.24) is 20.1 Å². The second-order valence-electron chi connectivity index (χ2n) is 3.44. The minimum absolute atomic E-state index is 0.118. The van der Waals surface area contributed by atoms with Gasteiger partial charge in [-0.15, -0.1) is 0 Å². The van der Waals surface area contributed by atoms with Crippen molar-refractivity contribution in [3.8, 4) is 0 Å². The maximum absolute atomic E-state index is 11.3. The number of carbonyl (C=O) groups excluding carboxylic acids is 1. The van der Waals surface area contributed by atoms with Crippen LogP contribution in [-0.4, -0.2) is 38.4 Å². The number of aryl methyl sites for hydroxylation is 1. The number of aromatic nitrogens is 3. The molecule has 0 unspecified atom stereocenters. The molecule has 17 heavy (non-hydrogen) atoms. The number of carboxylic acid groups (broad SMARTS) is 1. The van der Waals surface area contributed by atoms with Gasteiger partial charge in [0.25, 0.3) is 0 Å². The lowest BCUT2D eigenvalue weighted by Gasteiger charge is -2.05. The van der Waals surface area contributed by atoms with Crippen molar-refractivity contribution in [1.29, 1.82) is 0 Å². The molecule has 1 heterocycles. The standard InChI is InChI=1S/C9H15N5O3/c1-14-8(11-6-12-14)13-9(17)10-5-3-2-4-7(15)16/h6H,2-5H2,1H3,(H,15,16)(H2,10,11,12,13,17). The van der Waals surface area contributed by atoms with Crippen LogP contribution in [0.2, 0.25) is 0 Å². The molecule has 0 aliphatic carbocycles. The van der Waals surface area contributed by atoms with Gasteiger partial charge in [0.15, 0.2) is 0 Å². The van der Waals surface area contributed by atoms with Crippen molar-refractivity contribution >= 4 is 17.9 Å². The normalized spacial score (nSPS) is 9.94. The van der Waals surface area contributed by atoms with Crippen molar-refractivity contribution in [3.63, 3.8) is 0 Å². The number of urea groups is 1. The quantitative estimate of drug-likeness (QED) is 0.616. The molecule has 0 aliphatic rings. The van der Waals surface area contributed by atoms with E-state index in [0.29, 0.717) is 25.3 Å². The van der Waals surface area contributed by atoms with Gasteiger partial charge in [-0.1, -0.05) is 0 Å². The van der Waals surface area contributed by atoms with Crippen molar-refractivity contribution < 1.29 is 14.7 Å². The number of hydrogen-bond donors (Lipinski definition) is 3. The number of carboxylic acids is 1. The number of nitrogens with zero attached hydrogens (tertiary/aromatic N) is 3. The van der Waals surface area contributed by atoms with Crippen molar-refractivity contribution in [3.05, 3.63) is 6.33 Å². The lowest BCUT2D eigenvalue weighted by atomic mass is 10.2. The van der Waals surface area contributed by atoms with Crippen LogP contribution in [0.3, 0.4) is 0 Å². The monoisotopic (exact) mass is 241 g/mol. The molecule has 0 saturated heterocycles. The predicted molar refractivity (Wildman–Crippen MR) is 59.5 cm³/mol. The fourth-order valence-electron chi connectivity index (χ4n) is 1.16. The molecule has 3 N–H and O–H groups in total. The maximum Gasteiger partial charge on any atom is 0.321 e. The molecule has 0 aromatic carbocycles. The summed E-state index contributed by atoms with van der Waals surface area (Å²) >= 11 is 0. The fourth-order valence-corrected chi connectivity index (χ4v) is 1.16. The van der Waals surface area contributed by atoms with E-state index in [9.17, 15) is 9.59 Å². The third-order valence-electron chi connectivity index (χ3n) is 2.04. The molecule has 8 heteroatoms. The molecule has 1 aromatic heterocycles. The Labute approximate surface area is 98.0 Å². The zero-order valence-electron chi connectivity index (χ0n) is 9.51. The van der Waals surface area contributed by atoms with Crippen LogP contribution in [0.5, 0.6) is 0 Å². The number of nitrogens with one attached hydrogen (secondary N) is 2. The number of anilines is 1. The van der Waals surface area contributed by atoms with E-state index in [0.717, 1.165) is 0 Å². The summed E-state index contributed by atoms with van der Waals surface area (Å²) in [5, 5.41) is 17.3. The first-order chi connectivity index (χ1) is 8.09. The first-order valence-corrected chi connectivity index (χ1v) is 5.20. The summed E-state index contributed by atoms with van der Waals surface area (Å²) < 4.78 is 1.43. The first-order valence-electron chi connectivity index (χ1n) is 5.20. The Morgan fingerprint density at radius 3 is 2.82 bits per heavy atom. The summed E-state index contributed by atoms with van der Waals surface area (Å²) in [5.41, 5.74) is 0. The minimum atomic E-state index is -0.825. The smallest absolute Gasteiger partial charge is 0.321 e. The minimum Gasteiger partial charge on any atom is -0.481 e. The van der Waals surface area contributed by atoms with Crippen LogP contribution in [0.1, 0.15) is 19.3 Å². The van der Waals surface area contributed by atoms with Gasteiger partial charge in [-0.05, 0) is 12.8 Å². The van der Waals surface area contributed by atoms with Crippen molar-refractivity contribution in [2.45, 2.75) is 19.3 Å². The predicted octanol–water partition coefficient (Wildman–Crippen LogP) is 0.191. The van der Waals surface area contributed by atoms with E-state index in [1.165, 1.54) is 11.0 Å². The summed E-state index contributed by atoms with van der Waals surface area (Å²) in [6.07, 6.45) is 2.62. The highest BCUT2D eigenvalue weighted by Gasteiger charge is 2.05. The van der Waals surface area contributed by atoms with Gasteiger partial charge in [0, 0.05) is 20.0 Å². The van der Waals surface area contributed by atoms with Gasteiger partial charge in [-0.25, -0.2) is 9.48 Å². The summed E-state index contributed by atoms with van der Waals surface area (Å²) in [7, 11) is 1.66. The Morgan fingerprint density at radius 2 is 2.24 bits per heavy atom. The lowest BCUT2D eigenvalue weighted by Crippen LogP contribution is -2.30. The van der Waals surface area contributed by atoms with Gasteiger partial charge < -0.3 is 10.4 Å². The van der Waals surface area contributed by atoms with Gasteiger partial charge in [-0.3, -0.25) is 10.1 Å². The Balaban J connectivity index is 2.14. The number of carbonyl (C=O) groups is 2. The van der Waals surface area contributed by atoms with E-state index in [4.69, 9.17) is 5.11 Å². The molecule has 8 nitrogen and oxygen atoms in total. The zero-order valence-corrected chi connectivity index (χ0v) is 9.51. The second kappa shape index (κ2) is 6.46. The molecule has 94 valence electrons. The molecule has 0 bridgehead atoms. The van der Waals surface area contributed by atoms with Gasteiger partial charge >= 0.3 is 12.0 Å². The Kier molecular flexibility index (Phi) is 4.92. The van der Waals surface area contributed by atoms with Crippen LogP contribution in [0, 0.1) is 0 Å². The summed E-state index contributed by atoms with van der Waals surface area (Å²) in [6.45, 7) is 0.428. The lowest BCUT2D eigenvalue weighted by molar-refractivity contribution is -0.137. The Bertz CT molecular complexity index is 390. The topological polar surface area (TPSA) is 109 Å². The highest BCUT2D eigenvalue weighted by molar-refractivity contribution is 5.87. The van der Waals surface area contributed by atoms with Crippen LogP contribution < -0.4 is 10.6 Å². The number of aliphatic carboxylic acids is 1. The molecule has 0 saturated carbocycles. The molecule has 0 atom stereocenters. The first kappa shape index (κ1) is 12.9. The molecule has 0 aliphatic heterocycles. The molecular formula is C9H15N5O3. The van der Waals surface area contributed by atoms with Gasteiger partial charge in [0.05, 0.1) is 0 Å². The van der Waals surface area contributed by atoms with E-state index in [1.54, 1.807) is 7.05 Å². The highest BCUT2D eigenvalue weighted by Crippen LogP contribution is 1.97. The Morgan fingerprint density at radius 1 is 1.47 bits per heavy atom. The highest BCUT2D eigenvalue weighted by atomic mass is 16.4. The third-order valence-corrected chi connectivity index (χ3v) is 2.04. The van der Waals surface area contributed by atoms with Crippen LogP contribution in [0.15, 0.2) is 6.33 Å².